The molecule has 1 aromatic rings. The lowest BCUT2D eigenvalue weighted by atomic mass is 10.2. The minimum Gasteiger partial charge on any atom is -0.480 e. The van der Waals surface area contributed by atoms with Crippen molar-refractivity contribution in [3.63, 3.8) is 0 Å². The van der Waals surface area contributed by atoms with Crippen LogP contribution < -0.4 is 16.8 Å². The van der Waals surface area contributed by atoms with Crippen molar-refractivity contribution in [1.82, 2.24) is 5.32 Å². The summed E-state index contributed by atoms with van der Waals surface area (Å²) in [6.45, 7) is 2.28. The van der Waals surface area contributed by atoms with Gasteiger partial charge in [0.25, 0.3) is 5.69 Å². The van der Waals surface area contributed by atoms with Crippen molar-refractivity contribution in [2.24, 2.45) is 5.73 Å². The number of hydrogen-bond acceptors (Lipinski definition) is 7. The molecule has 0 bridgehead atoms. The highest BCUT2D eigenvalue weighted by atomic mass is 16.6. The van der Waals surface area contributed by atoms with Crippen molar-refractivity contribution in [3.8, 4) is 0 Å². The monoisotopic (exact) mass is 342 g/mol. The number of nitrogens with one attached hydrogen (secondary N) is 1. The fourth-order valence-electron chi connectivity index (χ4n) is 1.49. The van der Waals surface area contributed by atoms with Gasteiger partial charge in [0.05, 0.1) is 4.92 Å². The Morgan fingerprint density at radius 1 is 1.33 bits per heavy atom. The van der Waals surface area contributed by atoms with Gasteiger partial charge < -0.3 is 27.0 Å². The first kappa shape index (κ1) is 21.3. The van der Waals surface area contributed by atoms with E-state index in [1.165, 1.54) is 31.2 Å². The van der Waals surface area contributed by atoms with E-state index >= 15 is 0 Å². The third-order valence-electron chi connectivity index (χ3n) is 2.85. The van der Waals surface area contributed by atoms with Crippen LogP contribution in [0.25, 0.3) is 0 Å². The largest absolute Gasteiger partial charge is 0.480 e. The Bertz CT molecular complexity index is 541. The van der Waals surface area contributed by atoms with E-state index < -0.39 is 22.9 Å². The number of carbonyl (C=O) groups is 2. The van der Waals surface area contributed by atoms with Gasteiger partial charge in [-0.1, -0.05) is 0 Å². The molecule has 0 radical (unpaired) electrons. The number of nitrogen functional groups attached to an aromatic ring is 1. The average Bonchev–Trinajstić information content (AvgIpc) is 3.03. The quantitative estimate of drug-likeness (QED) is 0.295. The van der Waals surface area contributed by atoms with Gasteiger partial charge in [-0.15, -0.1) is 0 Å². The lowest BCUT2D eigenvalue weighted by molar-refractivity contribution is -0.384. The van der Waals surface area contributed by atoms with E-state index in [9.17, 15) is 19.7 Å². The van der Waals surface area contributed by atoms with Crippen LogP contribution in [-0.4, -0.2) is 45.7 Å². The van der Waals surface area contributed by atoms with Crippen molar-refractivity contribution >= 4 is 23.3 Å². The molecule has 0 amide bonds. The first-order valence-electron chi connectivity index (χ1n) is 7.09. The van der Waals surface area contributed by atoms with Crippen LogP contribution in [0.5, 0.6) is 0 Å². The maximum atomic E-state index is 10.1. The van der Waals surface area contributed by atoms with Gasteiger partial charge in [-0.3, -0.25) is 19.7 Å². The summed E-state index contributed by atoms with van der Waals surface area (Å²) in [5, 5.41) is 29.1. The number of rotatable bonds is 3. The number of nitrogens with two attached hydrogens (primary N) is 2. The Morgan fingerprint density at radius 3 is 2.08 bits per heavy atom. The highest BCUT2D eigenvalue weighted by Crippen LogP contribution is 2.12. The van der Waals surface area contributed by atoms with E-state index in [0.29, 0.717) is 5.69 Å². The molecule has 1 fully saturated rings. The lowest BCUT2D eigenvalue weighted by Gasteiger charge is -1.99. The van der Waals surface area contributed by atoms with Crippen molar-refractivity contribution < 1.29 is 24.7 Å². The Balaban J connectivity index is 0.000000343. The summed E-state index contributed by atoms with van der Waals surface area (Å²) in [5.74, 6) is -1.68. The third-order valence-corrected chi connectivity index (χ3v) is 2.85. The zero-order chi connectivity index (χ0) is 18.7. The van der Waals surface area contributed by atoms with Gasteiger partial charge in [0.2, 0.25) is 0 Å². The number of nitro groups is 1. The highest BCUT2D eigenvalue weighted by molar-refractivity contribution is 5.73. The molecule has 1 saturated heterocycles. The lowest BCUT2D eigenvalue weighted by Crippen LogP contribution is -2.29. The van der Waals surface area contributed by atoms with Gasteiger partial charge in [-0.25, -0.2) is 0 Å². The first-order chi connectivity index (χ1) is 11.1. The molecular formula is C14H22N4O6. The summed E-state index contributed by atoms with van der Waals surface area (Å²) in [5.41, 5.74) is 10.7. The zero-order valence-electron chi connectivity index (χ0n) is 13.2. The van der Waals surface area contributed by atoms with Gasteiger partial charge in [0, 0.05) is 17.8 Å². The molecule has 0 unspecified atom stereocenters. The predicted molar refractivity (Wildman–Crippen MR) is 87.5 cm³/mol. The van der Waals surface area contributed by atoms with Crippen molar-refractivity contribution in [1.29, 1.82) is 0 Å². The van der Waals surface area contributed by atoms with Gasteiger partial charge in [-0.05, 0) is 38.4 Å². The fraction of sp³-hybridized carbons (Fsp3) is 0.429. The maximum absolute atomic E-state index is 10.1. The Morgan fingerprint density at radius 2 is 1.83 bits per heavy atom. The molecule has 0 aliphatic carbocycles. The molecular weight excluding hydrogens is 320 g/mol. The molecule has 10 heteroatoms. The highest BCUT2D eigenvalue weighted by Gasteiger charge is 2.20. The molecule has 1 aliphatic rings. The minimum absolute atomic E-state index is 0.0641. The molecule has 0 spiro atoms. The van der Waals surface area contributed by atoms with E-state index in [1.54, 1.807) is 0 Å². The molecule has 2 atom stereocenters. The third kappa shape index (κ3) is 9.33. The van der Waals surface area contributed by atoms with E-state index in [2.05, 4.69) is 5.32 Å². The van der Waals surface area contributed by atoms with Gasteiger partial charge in [0.15, 0.2) is 0 Å². The van der Waals surface area contributed by atoms with Crippen LogP contribution in [0.2, 0.25) is 0 Å². The predicted octanol–water partition coefficient (Wildman–Crippen LogP) is 0.418. The molecule has 10 nitrogen and oxygen atoms in total. The minimum atomic E-state index is -0.963. The van der Waals surface area contributed by atoms with Crippen LogP contribution in [0.3, 0.4) is 0 Å². The molecule has 134 valence electrons. The average molecular weight is 342 g/mol. The summed E-state index contributed by atoms with van der Waals surface area (Å²) in [6, 6.07) is 4.74. The molecule has 0 aromatic heterocycles. The van der Waals surface area contributed by atoms with Crippen molar-refractivity contribution in [2.75, 3.05) is 12.3 Å². The van der Waals surface area contributed by atoms with Gasteiger partial charge in [0.1, 0.15) is 12.1 Å². The maximum Gasteiger partial charge on any atom is 0.320 e. The van der Waals surface area contributed by atoms with E-state index in [-0.39, 0.29) is 11.7 Å². The van der Waals surface area contributed by atoms with Gasteiger partial charge >= 0.3 is 11.9 Å². The van der Waals surface area contributed by atoms with Crippen LogP contribution in [0.4, 0.5) is 11.4 Å². The van der Waals surface area contributed by atoms with E-state index in [0.717, 1.165) is 19.4 Å². The van der Waals surface area contributed by atoms with Crippen LogP contribution in [-0.2, 0) is 9.59 Å². The van der Waals surface area contributed by atoms with Crippen molar-refractivity contribution in [2.45, 2.75) is 31.8 Å². The topological polar surface area (TPSA) is 182 Å². The molecule has 7 N–H and O–H groups in total. The Hall–Kier alpha value is -2.72. The van der Waals surface area contributed by atoms with E-state index in [1.807, 2.05) is 0 Å². The summed E-state index contributed by atoms with van der Waals surface area (Å²) in [7, 11) is 0. The molecule has 0 saturated carbocycles. The summed E-state index contributed by atoms with van der Waals surface area (Å²) < 4.78 is 0. The number of nitrogens with zero attached hydrogens (tertiary/aromatic N) is 1. The van der Waals surface area contributed by atoms with Gasteiger partial charge in [-0.2, -0.15) is 0 Å². The number of nitro benzene ring substituents is 1. The summed E-state index contributed by atoms with van der Waals surface area (Å²) in [6.07, 6.45) is 1.78. The second kappa shape index (κ2) is 10.9. The Labute approximate surface area is 138 Å². The molecule has 1 aliphatic heterocycles. The Kier molecular flexibility index (Phi) is 9.68. The normalized spacial score (nSPS) is 16.7. The SMILES string of the molecule is C[C@H](N)C(=O)O.Nc1ccc([N+](=O)[O-])cc1.O=C(O)[C@@H]1CCCN1. The number of benzene rings is 1. The fourth-order valence-corrected chi connectivity index (χ4v) is 1.49. The molecule has 2 rings (SSSR count). The smallest absolute Gasteiger partial charge is 0.320 e. The number of aliphatic carboxylic acids is 2. The van der Waals surface area contributed by atoms with Crippen molar-refractivity contribution in [3.05, 3.63) is 34.4 Å². The molecule has 1 heterocycles. The number of hydrogen-bond donors (Lipinski definition) is 5. The molecule has 24 heavy (non-hydrogen) atoms. The summed E-state index contributed by atoms with van der Waals surface area (Å²) >= 11 is 0. The van der Waals surface area contributed by atoms with Crippen LogP contribution in [0.15, 0.2) is 24.3 Å². The van der Waals surface area contributed by atoms with Crippen LogP contribution in [0.1, 0.15) is 19.8 Å². The number of carboxylic acids is 2. The second-order valence-corrected chi connectivity index (χ2v) is 4.96. The van der Waals surface area contributed by atoms with E-state index in [4.69, 9.17) is 21.7 Å². The van der Waals surface area contributed by atoms with Crippen LogP contribution in [0, 0.1) is 10.1 Å². The zero-order valence-corrected chi connectivity index (χ0v) is 13.2. The first-order valence-corrected chi connectivity index (χ1v) is 7.09. The number of anilines is 1. The second-order valence-electron chi connectivity index (χ2n) is 4.96. The van der Waals surface area contributed by atoms with Crippen LogP contribution >= 0.6 is 0 Å². The number of carboxylic acid groups (broad SMARTS) is 2. The molecule has 1 aromatic carbocycles. The standard InChI is InChI=1S/C6H6N2O2.C5H9NO2.C3H7NO2/c7-5-1-3-6(4-2-5)8(9)10;7-5(8)4-2-1-3-6-4;1-2(4)3(5)6/h1-4H,7H2;4,6H,1-3H2,(H,7,8);2H,4H2,1H3,(H,5,6)/t;4-;2-/m.00/s1. The number of non-ortho nitro benzene ring substituents is 1. The summed E-state index contributed by atoms with van der Waals surface area (Å²) in [4.78, 5) is 29.3.